The van der Waals surface area contributed by atoms with Crippen molar-refractivity contribution in [3.63, 3.8) is 0 Å². The smallest absolute Gasteiger partial charge is 0.360 e. The minimum absolute atomic E-state index is 0.00988. The van der Waals surface area contributed by atoms with E-state index in [4.69, 9.17) is 14.2 Å². The van der Waals surface area contributed by atoms with Crippen molar-refractivity contribution in [1.29, 1.82) is 0 Å². The molecule has 1 saturated carbocycles. The number of esters is 1. The summed E-state index contributed by atoms with van der Waals surface area (Å²) in [5.74, 6) is 1.30. The zero-order chi connectivity index (χ0) is 22.0. The number of nitrogens with zero attached hydrogens (tertiary/aromatic N) is 2. The summed E-state index contributed by atoms with van der Waals surface area (Å²) < 4.78 is 21.4. The van der Waals surface area contributed by atoms with Gasteiger partial charge in [-0.2, -0.15) is 5.10 Å². The highest BCUT2D eigenvalue weighted by Crippen LogP contribution is 2.63. The van der Waals surface area contributed by atoms with E-state index in [0.717, 1.165) is 17.7 Å². The van der Waals surface area contributed by atoms with Crippen LogP contribution in [-0.4, -0.2) is 34.6 Å². The van der Waals surface area contributed by atoms with Crippen LogP contribution in [0, 0.1) is 23.2 Å². The maximum Gasteiger partial charge on any atom is 0.360 e. The lowest BCUT2D eigenvalue weighted by Gasteiger charge is -2.63. The minimum Gasteiger partial charge on any atom is -0.487 e. The van der Waals surface area contributed by atoms with Crippen molar-refractivity contribution in [2.75, 3.05) is 13.2 Å². The molecule has 2 aliphatic heterocycles. The SMILES string of the molecule is CCn1cc(Br)c(C(=O)OC[C@]23CO[C@@H]4c5ccccc5O[C@](C)(C[C@@H]2C)[C@@H]4[C@@H]3C)n1. The first-order valence-corrected chi connectivity index (χ1v) is 11.9. The minimum atomic E-state index is -0.395. The first-order chi connectivity index (χ1) is 14.8. The Morgan fingerprint density at radius 2 is 2.13 bits per heavy atom. The van der Waals surface area contributed by atoms with E-state index in [0.29, 0.717) is 29.9 Å². The Balaban J connectivity index is 1.42. The zero-order valence-electron chi connectivity index (χ0n) is 18.4. The number of carbonyl (C=O) groups is 1. The molecule has 0 amide bonds. The summed E-state index contributed by atoms with van der Waals surface area (Å²) in [5.41, 5.74) is 0.912. The van der Waals surface area contributed by atoms with Crippen molar-refractivity contribution >= 4 is 21.9 Å². The fourth-order valence-electron chi connectivity index (χ4n) is 6.22. The number of hydrogen-bond donors (Lipinski definition) is 0. The summed E-state index contributed by atoms with van der Waals surface area (Å²) in [4.78, 5) is 12.8. The second-order valence-electron chi connectivity index (χ2n) is 9.59. The Morgan fingerprint density at radius 3 is 2.87 bits per heavy atom. The molecule has 7 heteroatoms. The number of hydrogen-bond acceptors (Lipinski definition) is 5. The van der Waals surface area contributed by atoms with E-state index in [1.54, 1.807) is 10.9 Å². The molecule has 31 heavy (non-hydrogen) atoms. The maximum atomic E-state index is 12.8. The molecule has 0 N–H and O–H groups in total. The molecular formula is C24H29BrN2O4. The first-order valence-electron chi connectivity index (χ1n) is 11.1. The van der Waals surface area contributed by atoms with E-state index < -0.39 is 5.97 Å². The third-order valence-corrected chi connectivity index (χ3v) is 8.56. The molecular weight excluding hydrogens is 460 g/mol. The van der Waals surface area contributed by atoms with Crippen LogP contribution in [0.15, 0.2) is 34.9 Å². The first kappa shape index (κ1) is 21.0. The topological polar surface area (TPSA) is 62.6 Å². The van der Waals surface area contributed by atoms with Crippen LogP contribution < -0.4 is 4.74 Å². The van der Waals surface area contributed by atoms with Gasteiger partial charge in [-0.1, -0.05) is 32.0 Å². The van der Waals surface area contributed by atoms with Gasteiger partial charge in [-0.3, -0.25) is 4.68 Å². The van der Waals surface area contributed by atoms with E-state index in [1.165, 1.54) is 0 Å². The molecule has 6 nitrogen and oxygen atoms in total. The van der Waals surface area contributed by atoms with E-state index >= 15 is 0 Å². The Morgan fingerprint density at radius 1 is 1.35 bits per heavy atom. The van der Waals surface area contributed by atoms with Gasteiger partial charge in [-0.05, 0) is 54.1 Å². The second-order valence-corrected chi connectivity index (χ2v) is 10.4. The van der Waals surface area contributed by atoms with E-state index in [-0.39, 0.29) is 34.9 Å². The lowest BCUT2D eigenvalue weighted by molar-refractivity contribution is -0.259. The average Bonchev–Trinajstić information content (AvgIpc) is 3.12. The van der Waals surface area contributed by atoms with E-state index in [9.17, 15) is 4.79 Å². The predicted octanol–water partition coefficient (Wildman–Crippen LogP) is 5.02. The number of benzene rings is 1. The molecule has 0 spiro atoms. The molecule has 1 aromatic heterocycles. The molecule has 2 aromatic rings. The Hall–Kier alpha value is -1.86. The number of ether oxygens (including phenoxy) is 3. The standard InChI is InChI=1S/C24H29BrN2O4/c1-5-27-11-17(25)20(26-27)22(28)30-13-24-12-29-21-16-8-6-7-9-18(16)31-23(4,10-14(24)2)19(21)15(24)3/h6-9,11,14-15,19,21H,5,10,12-13H2,1-4H3/t14-,15-,19+,21+,23+,24+/m0/s1. The van der Waals surface area contributed by atoms with Crippen LogP contribution in [0.4, 0.5) is 0 Å². The van der Waals surface area contributed by atoms with Gasteiger partial charge in [0.15, 0.2) is 5.69 Å². The quantitative estimate of drug-likeness (QED) is 0.565. The summed E-state index contributed by atoms with van der Waals surface area (Å²) in [5, 5.41) is 4.33. The van der Waals surface area contributed by atoms with Gasteiger partial charge >= 0.3 is 5.97 Å². The molecule has 1 aromatic carbocycles. The summed E-state index contributed by atoms with van der Waals surface area (Å²) >= 11 is 3.43. The van der Waals surface area contributed by atoms with Crippen molar-refractivity contribution in [3.05, 3.63) is 46.2 Å². The van der Waals surface area contributed by atoms with E-state index in [2.05, 4.69) is 47.9 Å². The molecule has 1 saturated heterocycles. The average molecular weight is 489 g/mol. The summed E-state index contributed by atoms with van der Waals surface area (Å²) in [6.45, 7) is 10.3. The van der Waals surface area contributed by atoms with Crippen molar-refractivity contribution in [2.45, 2.75) is 52.4 Å². The summed E-state index contributed by atoms with van der Waals surface area (Å²) in [6.07, 6.45) is 2.72. The number of para-hydroxylation sites is 1. The summed E-state index contributed by atoms with van der Waals surface area (Å²) in [7, 11) is 0. The zero-order valence-corrected chi connectivity index (χ0v) is 20.0. The molecule has 3 aliphatic rings. The van der Waals surface area contributed by atoms with E-state index in [1.807, 2.05) is 25.1 Å². The highest BCUT2D eigenvalue weighted by molar-refractivity contribution is 9.10. The largest absolute Gasteiger partial charge is 0.487 e. The third kappa shape index (κ3) is 3.07. The van der Waals surface area contributed by atoms with Gasteiger partial charge in [0.05, 0.1) is 17.2 Å². The molecule has 2 fully saturated rings. The van der Waals surface area contributed by atoms with Crippen LogP contribution in [0.3, 0.4) is 0 Å². The number of aryl methyl sites for hydroxylation is 1. The normalized spacial score (nSPS) is 35.8. The fraction of sp³-hybridized carbons (Fsp3) is 0.583. The maximum absolute atomic E-state index is 12.8. The predicted molar refractivity (Wildman–Crippen MR) is 119 cm³/mol. The van der Waals surface area contributed by atoms with Crippen LogP contribution in [0.1, 0.15) is 56.3 Å². The van der Waals surface area contributed by atoms with Crippen LogP contribution in [0.5, 0.6) is 5.75 Å². The number of fused-ring (bicyclic) bond motifs is 3. The Bertz CT molecular complexity index is 1020. The molecule has 0 unspecified atom stereocenters. The van der Waals surface area contributed by atoms with Gasteiger partial charge in [0.2, 0.25) is 0 Å². The number of rotatable bonds is 4. The number of halogens is 1. The van der Waals surface area contributed by atoms with Crippen molar-refractivity contribution in [3.8, 4) is 5.75 Å². The van der Waals surface area contributed by atoms with Gasteiger partial charge in [-0.25, -0.2) is 4.79 Å². The molecule has 166 valence electrons. The highest BCUT2D eigenvalue weighted by atomic mass is 79.9. The molecule has 2 bridgehead atoms. The van der Waals surface area contributed by atoms with Crippen LogP contribution in [0.25, 0.3) is 0 Å². The van der Waals surface area contributed by atoms with Crippen molar-refractivity contribution in [2.24, 2.45) is 23.2 Å². The van der Waals surface area contributed by atoms with Gasteiger partial charge in [-0.15, -0.1) is 0 Å². The Kier molecular flexibility index (Phi) is 4.97. The molecule has 6 atom stereocenters. The van der Waals surface area contributed by atoms with Crippen molar-refractivity contribution < 1.29 is 19.0 Å². The van der Waals surface area contributed by atoms with Crippen LogP contribution >= 0.6 is 15.9 Å². The number of aromatic nitrogens is 2. The van der Waals surface area contributed by atoms with Crippen LogP contribution in [0.2, 0.25) is 0 Å². The molecule has 1 aliphatic carbocycles. The second kappa shape index (κ2) is 7.34. The van der Waals surface area contributed by atoms with Crippen molar-refractivity contribution in [1.82, 2.24) is 9.78 Å². The molecule has 5 rings (SSSR count). The number of carbonyl (C=O) groups excluding carboxylic acids is 1. The van der Waals surface area contributed by atoms with Gasteiger partial charge in [0.1, 0.15) is 18.0 Å². The highest BCUT2D eigenvalue weighted by Gasteiger charge is 2.64. The lowest BCUT2D eigenvalue weighted by Crippen LogP contribution is -2.66. The van der Waals surface area contributed by atoms with Gasteiger partial charge < -0.3 is 14.2 Å². The van der Waals surface area contributed by atoms with Crippen LogP contribution in [-0.2, 0) is 16.0 Å². The van der Waals surface area contributed by atoms with Gasteiger partial charge in [0.25, 0.3) is 0 Å². The molecule has 0 radical (unpaired) electrons. The lowest BCUT2D eigenvalue weighted by atomic mass is 9.50. The monoisotopic (exact) mass is 488 g/mol. The summed E-state index contributed by atoms with van der Waals surface area (Å²) in [6, 6.07) is 8.21. The Labute approximate surface area is 191 Å². The van der Waals surface area contributed by atoms with Gasteiger partial charge in [0, 0.05) is 29.6 Å². The third-order valence-electron chi connectivity index (χ3n) is 7.98. The molecule has 3 heterocycles. The fourth-order valence-corrected chi connectivity index (χ4v) is 6.70.